The van der Waals surface area contributed by atoms with Crippen LogP contribution in [0.1, 0.15) is 23.2 Å². The van der Waals surface area contributed by atoms with Crippen molar-refractivity contribution in [1.82, 2.24) is 9.55 Å². The van der Waals surface area contributed by atoms with Gasteiger partial charge in [0.25, 0.3) is 5.56 Å². The van der Waals surface area contributed by atoms with Gasteiger partial charge in [-0.25, -0.2) is 9.18 Å². The Hall–Kier alpha value is -3.18. The van der Waals surface area contributed by atoms with Gasteiger partial charge in [0, 0.05) is 18.1 Å². The highest BCUT2D eigenvalue weighted by Crippen LogP contribution is 2.38. The van der Waals surface area contributed by atoms with E-state index in [0.717, 1.165) is 11.6 Å². The van der Waals surface area contributed by atoms with Crippen molar-refractivity contribution < 1.29 is 22.3 Å². The first-order chi connectivity index (χ1) is 16.0. The average molecular weight is 516 g/mol. The van der Waals surface area contributed by atoms with Gasteiger partial charge < -0.3 is 15.0 Å². The van der Waals surface area contributed by atoms with Crippen LogP contribution < -0.4 is 21.3 Å². The predicted octanol–water partition coefficient (Wildman–Crippen LogP) is 4.78. The van der Waals surface area contributed by atoms with Crippen LogP contribution in [-0.2, 0) is 19.1 Å². The van der Waals surface area contributed by atoms with Crippen molar-refractivity contribution in [2.45, 2.75) is 25.6 Å². The minimum atomic E-state index is -4.93. The van der Waals surface area contributed by atoms with E-state index in [2.05, 4.69) is 5.32 Å². The van der Waals surface area contributed by atoms with Gasteiger partial charge in [0.15, 0.2) is 5.75 Å². The number of nitrogens with one attached hydrogen (secondary N) is 2. The van der Waals surface area contributed by atoms with Gasteiger partial charge in [0.05, 0.1) is 29.4 Å². The highest BCUT2D eigenvalue weighted by Gasteiger charge is 2.33. The summed E-state index contributed by atoms with van der Waals surface area (Å²) in [6, 6.07) is 10.6. The molecule has 0 fully saturated rings. The fraction of sp³-hybridized carbons (Fsp3) is 0.227. The van der Waals surface area contributed by atoms with Crippen LogP contribution in [-0.4, -0.2) is 21.6 Å². The third-order valence-electron chi connectivity index (χ3n) is 4.88. The lowest BCUT2D eigenvalue weighted by atomic mass is 10.1. The molecule has 2 N–H and O–H groups in total. The number of thiocarbonyl (C=S) groups is 1. The van der Waals surface area contributed by atoms with Crippen LogP contribution >= 0.6 is 23.8 Å². The van der Waals surface area contributed by atoms with Crippen molar-refractivity contribution in [3.05, 3.63) is 91.0 Å². The van der Waals surface area contributed by atoms with Crippen molar-refractivity contribution in [2.24, 2.45) is 0 Å². The van der Waals surface area contributed by atoms with Crippen LogP contribution in [0.3, 0.4) is 0 Å². The molecule has 0 aliphatic heterocycles. The van der Waals surface area contributed by atoms with E-state index < -0.39 is 35.5 Å². The Morgan fingerprint density at radius 1 is 1.21 bits per heavy atom. The molecule has 0 saturated heterocycles. The monoisotopic (exact) mass is 515 g/mol. The molecule has 0 radical (unpaired) electrons. The number of nitrogens with zero attached hydrogens (tertiary/aromatic N) is 1. The Balaban J connectivity index is 1.98. The molecule has 3 aromatic rings. The molecule has 0 amide bonds. The van der Waals surface area contributed by atoms with Gasteiger partial charge >= 0.3 is 11.9 Å². The normalized spacial score (nSPS) is 11.4. The summed E-state index contributed by atoms with van der Waals surface area (Å²) in [5.74, 6) is -0.915. The lowest BCUT2D eigenvalue weighted by Gasteiger charge is -2.19. The van der Waals surface area contributed by atoms with E-state index in [0.29, 0.717) is 22.4 Å². The van der Waals surface area contributed by atoms with E-state index in [4.69, 9.17) is 28.6 Å². The van der Waals surface area contributed by atoms with E-state index in [1.165, 1.54) is 7.11 Å². The molecule has 0 saturated carbocycles. The molecule has 3 rings (SSSR count). The molecule has 2 aromatic carbocycles. The number of alkyl halides is 3. The molecule has 34 heavy (non-hydrogen) atoms. The molecule has 180 valence electrons. The number of aromatic nitrogens is 2. The minimum Gasteiger partial charge on any atom is -0.493 e. The summed E-state index contributed by atoms with van der Waals surface area (Å²) in [6.07, 6.45) is -3.98. The van der Waals surface area contributed by atoms with Gasteiger partial charge in [0.1, 0.15) is 11.5 Å². The van der Waals surface area contributed by atoms with Crippen LogP contribution in [0.25, 0.3) is 0 Å². The Kier molecular flexibility index (Phi) is 7.78. The predicted molar refractivity (Wildman–Crippen MR) is 124 cm³/mol. The number of ether oxygens (including phenoxy) is 1. The highest BCUT2D eigenvalue weighted by molar-refractivity contribution is 7.80. The molecule has 1 heterocycles. The second-order valence-corrected chi connectivity index (χ2v) is 8.07. The number of methoxy groups -OCH3 is 1. The Morgan fingerprint density at radius 2 is 1.88 bits per heavy atom. The van der Waals surface area contributed by atoms with E-state index in [9.17, 15) is 27.2 Å². The number of hydrogen-bond acceptors (Lipinski definition) is 4. The number of H-pyrrole nitrogens is 1. The summed E-state index contributed by atoms with van der Waals surface area (Å²) in [6.45, 7) is -0.699. The number of rotatable bonds is 7. The van der Waals surface area contributed by atoms with Gasteiger partial charge in [-0.2, -0.15) is 13.2 Å². The molecule has 0 aliphatic rings. The van der Waals surface area contributed by atoms with Gasteiger partial charge in [-0.15, -0.1) is 0 Å². The first-order valence-electron chi connectivity index (χ1n) is 9.81. The van der Waals surface area contributed by atoms with E-state index >= 15 is 0 Å². The highest BCUT2D eigenvalue weighted by atomic mass is 35.5. The topological polar surface area (TPSA) is 76.1 Å². The molecule has 0 atom stereocenters. The van der Waals surface area contributed by atoms with Crippen molar-refractivity contribution >= 4 is 34.5 Å². The first kappa shape index (κ1) is 25.4. The van der Waals surface area contributed by atoms with Gasteiger partial charge in [-0.3, -0.25) is 9.36 Å². The standard InChI is InChI=1S/C22H18ClF4N3O3S/c1-33-20-14(23)9-15(24)13(11-30-18(31)10-16(22(25,26)27)28-21(30)32)19(20)29-17(34)8-7-12-5-3-2-4-6-12/h2-6,9-10H,7-8,11H2,1H3,(H,28,32)(H,29,34). The van der Waals surface area contributed by atoms with Crippen LogP contribution in [0, 0.1) is 5.82 Å². The number of hydrogen-bond donors (Lipinski definition) is 2. The van der Waals surface area contributed by atoms with Gasteiger partial charge in [0.2, 0.25) is 0 Å². The van der Waals surface area contributed by atoms with Crippen molar-refractivity contribution in [3.63, 3.8) is 0 Å². The summed E-state index contributed by atoms with van der Waals surface area (Å²) < 4.78 is 59.2. The summed E-state index contributed by atoms with van der Waals surface area (Å²) in [7, 11) is 1.28. The lowest BCUT2D eigenvalue weighted by Crippen LogP contribution is -2.37. The smallest absolute Gasteiger partial charge is 0.431 e. The minimum absolute atomic E-state index is 0.00322. The number of benzene rings is 2. The molecule has 0 bridgehead atoms. The third kappa shape index (κ3) is 5.84. The van der Waals surface area contributed by atoms with Crippen LogP contribution in [0.15, 0.2) is 52.1 Å². The second kappa shape index (κ2) is 10.4. The van der Waals surface area contributed by atoms with E-state index in [-0.39, 0.29) is 28.1 Å². The van der Waals surface area contributed by atoms with Gasteiger partial charge in [-0.1, -0.05) is 54.2 Å². The fourth-order valence-electron chi connectivity index (χ4n) is 3.21. The van der Waals surface area contributed by atoms with Crippen molar-refractivity contribution in [1.29, 1.82) is 0 Å². The summed E-state index contributed by atoms with van der Waals surface area (Å²) in [5.41, 5.74) is -3.38. The molecular weight excluding hydrogens is 498 g/mol. The largest absolute Gasteiger partial charge is 0.493 e. The first-order valence-corrected chi connectivity index (χ1v) is 10.6. The molecule has 12 heteroatoms. The second-order valence-electron chi connectivity index (χ2n) is 7.17. The molecule has 1 aromatic heterocycles. The Bertz CT molecular complexity index is 1290. The average Bonchev–Trinajstić information content (AvgIpc) is 2.76. The molecule has 0 unspecified atom stereocenters. The zero-order chi connectivity index (χ0) is 25.0. The van der Waals surface area contributed by atoms with Crippen LogP contribution in [0.4, 0.5) is 23.2 Å². The maximum Gasteiger partial charge on any atom is 0.431 e. The van der Waals surface area contributed by atoms with E-state index in [1.54, 1.807) is 4.98 Å². The maximum absolute atomic E-state index is 14.9. The maximum atomic E-state index is 14.9. The van der Waals surface area contributed by atoms with Crippen molar-refractivity contribution in [2.75, 3.05) is 12.4 Å². The molecule has 0 aliphatic carbocycles. The molecule has 0 spiro atoms. The Morgan fingerprint density at radius 3 is 2.47 bits per heavy atom. The van der Waals surface area contributed by atoms with Crippen LogP contribution in [0.5, 0.6) is 5.75 Å². The Labute approximate surface area is 201 Å². The third-order valence-corrected chi connectivity index (χ3v) is 5.47. The zero-order valence-corrected chi connectivity index (χ0v) is 19.2. The fourth-order valence-corrected chi connectivity index (χ4v) is 3.68. The van der Waals surface area contributed by atoms with E-state index in [1.807, 2.05) is 30.3 Å². The lowest BCUT2D eigenvalue weighted by molar-refractivity contribution is -0.141. The number of aromatic amines is 1. The van der Waals surface area contributed by atoms with Gasteiger partial charge in [-0.05, 0) is 18.1 Å². The summed E-state index contributed by atoms with van der Waals surface area (Å²) in [4.78, 5) is 26.4. The quantitative estimate of drug-likeness (QED) is 0.350. The zero-order valence-electron chi connectivity index (χ0n) is 17.6. The SMILES string of the molecule is COc1c(Cl)cc(F)c(Cn2c(=O)cc(C(F)(F)F)[nH]c2=O)c1NC(=S)CCc1ccccc1. The van der Waals surface area contributed by atoms with Crippen LogP contribution in [0.2, 0.25) is 5.02 Å². The summed E-state index contributed by atoms with van der Waals surface area (Å²) >= 11 is 11.5. The number of aryl methyl sites for hydroxylation is 1. The molecule has 6 nitrogen and oxygen atoms in total. The number of halogens is 5. The summed E-state index contributed by atoms with van der Waals surface area (Å²) in [5, 5.41) is 2.75. The molecular formula is C22H18ClF4N3O3S. The van der Waals surface area contributed by atoms with Crippen molar-refractivity contribution in [3.8, 4) is 5.75 Å². The number of anilines is 1.